The van der Waals surface area contributed by atoms with E-state index in [1.54, 1.807) is 42.5 Å². The molecule has 0 aliphatic rings. The first-order chi connectivity index (χ1) is 11.3. The van der Waals surface area contributed by atoms with Crippen molar-refractivity contribution in [1.29, 1.82) is 0 Å². The number of nitrogens with two attached hydrogens (primary N) is 1. The summed E-state index contributed by atoms with van der Waals surface area (Å²) in [5.41, 5.74) is 6.94. The first-order valence-corrected chi connectivity index (χ1v) is 8.55. The van der Waals surface area contributed by atoms with Crippen molar-refractivity contribution < 1.29 is 22.9 Å². The van der Waals surface area contributed by atoms with Gasteiger partial charge in [0, 0.05) is 13.0 Å². The standard InChI is InChI=1S/C16H18N2O5S/c17-11-13-6-8-14(9-7-13)18(24(21,22)23)15(16(19)20)10-12-4-2-1-3-5-12/h1-9,15H,10-11,17H2,(H,19,20)(H,21,22,23). The van der Waals surface area contributed by atoms with E-state index >= 15 is 0 Å². The van der Waals surface area contributed by atoms with Crippen molar-refractivity contribution in [2.24, 2.45) is 5.73 Å². The van der Waals surface area contributed by atoms with Crippen molar-refractivity contribution in [3.8, 4) is 0 Å². The molecule has 0 aliphatic heterocycles. The second-order valence-electron chi connectivity index (χ2n) is 5.19. The molecule has 7 nitrogen and oxygen atoms in total. The van der Waals surface area contributed by atoms with Crippen LogP contribution in [-0.2, 0) is 28.1 Å². The highest BCUT2D eigenvalue weighted by Gasteiger charge is 2.34. The predicted molar refractivity (Wildman–Crippen MR) is 89.9 cm³/mol. The van der Waals surface area contributed by atoms with Crippen LogP contribution in [0.5, 0.6) is 0 Å². The fourth-order valence-corrected chi connectivity index (χ4v) is 3.24. The van der Waals surface area contributed by atoms with E-state index in [-0.39, 0.29) is 18.7 Å². The molecule has 1 atom stereocenters. The zero-order valence-corrected chi connectivity index (χ0v) is 13.6. The summed E-state index contributed by atoms with van der Waals surface area (Å²) < 4.78 is 33.7. The Hall–Kier alpha value is -2.42. The highest BCUT2D eigenvalue weighted by molar-refractivity contribution is 7.87. The number of benzene rings is 2. The van der Waals surface area contributed by atoms with Crippen LogP contribution in [0.2, 0.25) is 0 Å². The topological polar surface area (TPSA) is 121 Å². The second kappa shape index (κ2) is 7.43. The first kappa shape index (κ1) is 17.9. The highest BCUT2D eigenvalue weighted by Crippen LogP contribution is 2.23. The lowest BCUT2D eigenvalue weighted by molar-refractivity contribution is -0.138. The molecule has 24 heavy (non-hydrogen) atoms. The number of nitrogens with zero attached hydrogens (tertiary/aromatic N) is 1. The Balaban J connectivity index is 2.44. The van der Waals surface area contributed by atoms with Gasteiger partial charge in [-0.15, -0.1) is 0 Å². The molecule has 0 radical (unpaired) electrons. The summed E-state index contributed by atoms with van der Waals surface area (Å²) in [6, 6.07) is 13.1. The lowest BCUT2D eigenvalue weighted by Crippen LogP contribution is -2.46. The molecule has 0 saturated heterocycles. The molecule has 8 heteroatoms. The van der Waals surface area contributed by atoms with E-state index in [2.05, 4.69) is 0 Å². The van der Waals surface area contributed by atoms with Crippen LogP contribution in [0.4, 0.5) is 5.69 Å². The van der Waals surface area contributed by atoms with Crippen LogP contribution in [0.15, 0.2) is 54.6 Å². The Morgan fingerprint density at radius 3 is 2.08 bits per heavy atom. The molecular formula is C16H18N2O5S. The predicted octanol–water partition coefficient (Wildman–Crippen LogP) is 1.45. The number of aliphatic carboxylic acids is 1. The molecule has 2 aromatic rings. The van der Waals surface area contributed by atoms with Gasteiger partial charge in [0.15, 0.2) is 0 Å². The van der Waals surface area contributed by atoms with E-state index in [0.717, 1.165) is 5.56 Å². The number of anilines is 1. The van der Waals surface area contributed by atoms with Crippen molar-refractivity contribution in [3.63, 3.8) is 0 Å². The van der Waals surface area contributed by atoms with Crippen molar-refractivity contribution in [2.75, 3.05) is 4.31 Å². The van der Waals surface area contributed by atoms with E-state index in [1.165, 1.54) is 12.1 Å². The Kier molecular flexibility index (Phi) is 5.55. The normalized spacial score (nSPS) is 12.6. The Labute approximate surface area is 140 Å². The summed E-state index contributed by atoms with van der Waals surface area (Å²) in [5.74, 6) is -1.36. The maximum absolute atomic E-state index is 11.8. The summed E-state index contributed by atoms with van der Waals surface area (Å²) >= 11 is 0. The number of rotatable bonds is 7. The number of carboxylic acid groups (broad SMARTS) is 1. The minimum Gasteiger partial charge on any atom is -0.480 e. The summed E-state index contributed by atoms with van der Waals surface area (Å²) in [4.78, 5) is 11.7. The number of carboxylic acids is 1. The largest absolute Gasteiger partial charge is 0.480 e. The Morgan fingerprint density at radius 2 is 1.62 bits per heavy atom. The third kappa shape index (κ3) is 4.31. The molecule has 0 bridgehead atoms. The van der Waals surface area contributed by atoms with Gasteiger partial charge in [0.05, 0.1) is 5.69 Å². The van der Waals surface area contributed by atoms with E-state index in [0.29, 0.717) is 9.87 Å². The molecule has 0 saturated carbocycles. The zero-order chi connectivity index (χ0) is 17.7. The van der Waals surface area contributed by atoms with Gasteiger partial charge in [0.1, 0.15) is 6.04 Å². The van der Waals surface area contributed by atoms with Gasteiger partial charge < -0.3 is 10.8 Å². The van der Waals surface area contributed by atoms with Gasteiger partial charge in [-0.05, 0) is 23.3 Å². The Morgan fingerprint density at radius 1 is 1.04 bits per heavy atom. The average Bonchev–Trinajstić information content (AvgIpc) is 2.54. The van der Waals surface area contributed by atoms with E-state index in [9.17, 15) is 22.9 Å². The van der Waals surface area contributed by atoms with E-state index in [4.69, 9.17) is 5.73 Å². The minimum absolute atomic E-state index is 0.0537. The lowest BCUT2D eigenvalue weighted by Gasteiger charge is -2.27. The van der Waals surface area contributed by atoms with Gasteiger partial charge in [0.25, 0.3) is 0 Å². The molecule has 128 valence electrons. The minimum atomic E-state index is -4.78. The van der Waals surface area contributed by atoms with Gasteiger partial charge in [-0.25, -0.2) is 9.10 Å². The van der Waals surface area contributed by atoms with E-state index < -0.39 is 22.3 Å². The molecule has 1 unspecified atom stereocenters. The quantitative estimate of drug-likeness (QED) is 0.650. The second-order valence-corrected chi connectivity index (χ2v) is 6.48. The van der Waals surface area contributed by atoms with Crippen molar-refractivity contribution in [2.45, 2.75) is 19.0 Å². The van der Waals surface area contributed by atoms with Gasteiger partial charge in [-0.2, -0.15) is 8.42 Å². The third-order valence-corrected chi connectivity index (χ3v) is 4.48. The molecule has 0 aliphatic carbocycles. The molecule has 0 heterocycles. The van der Waals surface area contributed by atoms with Crippen LogP contribution in [-0.4, -0.2) is 30.1 Å². The van der Waals surface area contributed by atoms with E-state index in [1.807, 2.05) is 0 Å². The average molecular weight is 350 g/mol. The van der Waals surface area contributed by atoms with Gasteiger partial charge >= 0.3 is 16.3 Å². The van der Waals surface area contributed by atoms with Crippen LogP contribution < -0.4 is 10.0 Å². The lowest BCUT2D eigenvalue weighted by atomic mass is 10.1. The fraction of sp³-hybridized carbons (Fsp3) is 0.188. The van der Waals surface area contributed by atoms with Crippen LogP contribution in [0, 0.1) is 0 Å². The van der Waals surface area contributed by atoms with Crippen molar-refractivity contribution >= 4 is 22.0 Å². The molecular weight excluding hydrogens is 332 g/mol. The van der Waals surface area contributed by atoms with Gasteiger partial charge in [-0.1, -0.05) is 42.5 Å². The smallest absolute Gasteiger partial charge is 0.360 e. The summed E-state index contributed by atoms with van der Waals surface area (Å²) in [6.45, 7) is 0.262. The molecule has 0 spiro atoms. The van der Waals surface area contributed by atoms with Crippen molar-refractivity contribution in [1.82, 2.24) is 0 Å². The van der Waals surface area contributed by atoms with Crippen LogP contribution in [0.3, 0.4) is 0 Å². The molecule has 2 aromatic carbocycles. The maximum Gasteiger partial charge on any atom is 0.360 e. The third-order valence-electron chi connectivity index (χ3n) is 3.52. The molecule has 0 aromatic heterocycles. The SMILES string of the molecule is NCc1ccc(N(C(Cc2ccccc2)C(=O)O)S(=O)(=O)O)cc1. The summed E-state index contributed by atoms with van der Waals surface area (Å²) in [6.07, 6.45) is -0.0887. The number of hydrogen-bond acceptors (Lipinski definition) is 4. The van der Waals surface area contributed by atoms with Crippen LogP contribution in [0.25, 0.3) is 0 Å². The summed E-state index contributed by atoms with van der Waals surface area (Å²) in [5, 5.41) is 9.49. The molecule has 0 amide bonds. The molecule has 2 rings (SSSR count). The maximum atomic E-state index is 11.8. The zero-order valence-electron chi connectivity index (χ0n) is 12.7. The highest BCUT2D eigenvalue weighted by atomic mass is 32.2. The summed E-state index contributed by atoms with van der Waals surface area (Å²) in [7, 11) is -4.78. The van der Waals surface area contributed by atoms with Crippen LogP contribution in [0.1, 0.15) is 11.1 Å². The number of carbonyl (C=O) groups is 1. The monoisotopic (exact) mass is 350 g/mol. The molecule has 4 N–H and O–H groups in total. The Bertz CT molecular complexity index is 791. The van der Waals surface area contributed by atoms with Crippen LogP contribution >= 0.6 is 0 Å². The van der Waals surface area contributed by atoms with Gasteiger partial charge in [0.2, 0.25) is 0 Å². The van der Waals surface area contributed by atoms with Gasteiger partial charge in [-0.3, -0.25) is 4.55 Å². The van der Waals surface area contributed by atoms with Crippen molar-refractivity contribution in [3.05, 3.63) is 65.7 Å². The fourth-order valence-electron chi connectivity index (χ4n) is 2.36. The number of hydrogen-bond donors (Lipinski definition) is 3. The molecule has 0 fully saturated rings. The first-order valence-electron chi connectivity index (χ1n) is 7.15.